The van der Waals surface area contributed by atoms with E-state index >= 15 is 0 Å². The fraction of sp³-hybridized carbons (Fsp3) is 0.462. The number of piperidine rings is 1. The van der Waals surface area contributed by atoms with E-state index in [0.29, 0.717) is 17.9 Å². The first-order chi connectivity index (χ1) is 8.16. The topological polar surface area (TPSA) is 41.1 Å². The second-order valence-electron chi connectivity index (χ2n) is 4.95. The van der Waals surface area contributed by atoms with Gasteiger partial charge in [-0.05, 0) is 42.5 Å². The highest BCUT2D eigenvalue weighted by atomic mass is 79.9. The number of carbonyl (C=O) groups excluding carboxylic acids is 1. The lowest BCUT2D eigenvalue weighted by Crippen LogP contribution is -2.32. The van der Waals surface area contributed by atoms with Gasteiger partial charge in [-0.3, -0.25) is 4.79 Å². The minimum Gasteiger partial charge on any atom is -0.349 e. The maximum absolute atomic E-state index is 12.0. The van der Waals surface area contributed by atoms with Gasteiger partial charge in [-0.1, -0.05) is 15.9 Å². The van der Waals surface area contributed by atoms with Gasteiger partial charge in [0.1, 0.15) is 0 Å². The zero-order chi connectivity index (χ0) is 12.0. The Morgan fingerprint density at radius 3 is 2.76 bits per heavy atom. The number of halogens is 1. The Morgan fingerprint density at radius 1 is 1.41 bits per heavy atom. The summed E-state index contributed by atoms with van der Waals surface area (Å²) in [6, 6.07) is 6.12. The number of nitrogens with one attached hydrogen (secondary N) is 2. The molecule has 2 fully saturated rings. The number of carbonyl (C=O) groups is 1. The van der Waals surface area contributed by atoms with Gasteiger partial charge in [-0.15, -0.1) is 0 Å². The van der Waals surface area contributed by atoms with E-state index in [2.05, 4.69) is 26.6 Å². The molecule has 4 heteroatoms. The molecule has 1 amide bonds. The monoisotopic (exact) mass is 294 g/mol. The quantitative estimate of drug-likeness (QED) is 0.872. The van der Waals surface area contributed by atoms with Crippen molar-refractivity contribution in [1.82, 2.24) is 10.6 Å². The Hall–Kier alpha value is -0.870. The maximum Gasteiger partial charge on any atom is 0.251 e. The van der Waals surface area contributed by atoms with E-state index in [1.165, 1.54) is 0 Å². The van der Waals surface area contributed by atoms with Crippen LogP contribution in [0.1, 0.15) is 15.9 Å². The summed E-state index contributed by atoms with van der Waals surface area (Å²) in [6.45, 7) is 4.10. The molecule has 90 valence electrons. The number of aryl methyl sites for hydroxylation is 1. The predicted molar refractivity (Wildman–Crippen MR) is 70.0 cm³/mol. The van der Waals surface area contributed by atoms with Gasteiger partial charge in [-0.25, -0.2) is 0 Å². The van der Waals surface area contributed by atoms with E-state index in [0.717, 1.165) is 28.7 Å². The summed E-state index contributed by atoms with van der Waals surface area (Å²) in [5.41, 5.74) is 1.85. The van der Waals surface area contributed by atoms with Gasteiger partial charge in [0.2, 0.25) is 0 Å². The van der Waals surface area contributed by atoms with E-state index in [1.807, 2.05) is 25.1 Å². The molecule has 1 saturated carbocycles. The van der Waals surface area contributed by atoms with Crippen molar-refractivity contribution >= 4 is 21.8 Å². The molecule has 1 saturated heterocycles. The third kappa shape index (κ3) is 2.00. The van der Waals surface area contributed by atoms with Gasteiger partial charge in [0.15, 0.2) is 0 Å². The molecule has 2 unspecified atom stereocenters. The van der Waals surface area contributed by atoms with Crippen molar-refractivity contribution in [1.29, 1.82) is 0 Å². The fourth-order valence-electron chi connectivity index (χ4n) is 2.65. The van der Waals surface area contributed by atoms with Gasteiger partial charge in [0.05, 0.1) is 0 Å². The molecule has 0 aromatic heterocycles. The van der Waals surface area contributed by atoms with Crippen LogP contribution in [0.5, 0.6) is 0 Å². The second-order valence-corrected chi connectivity index (χ2v) is 5.80. The van der Waals surface area contributed by atoms with Crippen LogP contribution in [0.4, 0.5) is 0 Å². The van der Waals surface area contributed by atoms with Crippen molar-refractivity contribution in [3.63, 3.8) is 0 Å². The van der Waals surface area contributed by atoms with Crippen LogP contribution in [0.25, 0.3) is 0 Å². The van der Waals surface area contributed by atoms with Gasteiger partial charge in [0.25, 0.3) is 5.91 Å². The number of hydrogen-bond acceptors (Lipinski definition) is 2. The van der Waals surface area contributed by atoms with Crippen molar-refractivity contribution < 1.29 is 4.79 Å². The number of fused-ring (bicyclic) bond motifs is 1. The number of benzene rings is 1. The highest BCUT2D eigenvalue weighted by molar-refractivity contribution is 9.10. The predicted octanol–water partition coefficient (Wildman–Crippen LogP) is 1.71. The van der Waals surface area contributed by atoms with Crippen LogP contribution >= 0.6 is 15.9 Å². The lowest BCUT2D eigenvalue weighted by atomic mass is 10.1. The molecule has 1 aliphatic carbocycles. The summed E-state index contributed by atoms with van der Waals surface area (Å²) in [4.78, 5) is 12.0. The molecule has 2 aliphatic rings. The first-order valence-electron chi connectivity index (χ1n) is 5.94. The average Bonchev–Trinajstić information content (AvgIpc) is 2.76. The molecule has 0 spiro atoms. The Bertz CT molecular complexity index is 464. The molecule has 1 aromatic rings. The van der Waals surface area contributed by atoms with Gasteiger partial charge in [0, 0.05) is 29.2 Å². The van der Waals surface area contributed by atoms with Crippen LogP contribution in [0.15, 0.2) is 22.7 Å². The second kappa shape index (κ2) is 4.10. The average molecular weight is 295 g/mol. The summed E-state index contributed by atoms with van der Waals surface area (Å²) >= 11 is 3.44. The summed E-state index contributed by atoms with van der Waals surface area (Å²) in [5, 5.41) is 6.45. The summed E-state index contributed by atoms with van der Waals surface area (Å²) in [7, 11) is 0. The first kappa shape index (κ1) is 11.2. The van der Waals surface area contributed by atoms with Gasteiger partial charge < -0.3 is 10.6 Å². The lowest BCUT2D eigenvalue weighted by Gasteiger charge is -2.08. The Morgan fingerprint density at radius 2 is 2.12 bits per heavy atom. The Balaban J connectivity index is 1.68. The van der Waals surface area contributed by atoms with Crippen molar-refractivity contribution in [2.45, 2.75) is 13.0 Å². The van der Waals surface area contributed by atoms with Crippen LogP contribution < -0.4 is 10.6 Å². The number of rotatable bonds is 2. The largest absolute Gasteiger partial charge is 0.349 e. The molecule has 1 aliphatic heterocycles. The summed E-state index contributed by atoms with van der Waals surface area (Å²) in [5.74, 6) is 1.38. The SMILES string of the molecule is Cc1cc(C(=O)NC2C3CNCC32)ccc1Br. The van der Waals surface area contributed by atoms with Crippen LogP contribution in [-0.4, -0.2) is 25.0 Å². The number of amides is 1. The molecule has 0 radical (unpaired) electrons. The zero-order valence-corrected chi connectivity index (χ0v) is 11.3. The lowest BCUT2D eigenvalue weighted by molar-refractivity contribution is 0.0946. The smallest absolute Gasteiger partial charge is 0.251 e. The third-order valence-corrected chi connectivity index (χ3v) is 4.70. The van der Waals surface area contributed by atoms with Crippen LogP contribution in [-0.2, 0) is 0 Å². The van der Waals surface area contributed by atoms with Crippen molar-refractivity contribution in [3.05, 3.63) is 33.8 Å². The highest BCUT2D eigenvalue weighted by Gasteiger charge is 2.53. The molecule has 3 rings (SSSR count). The normalized spacial score (nSPS) is 29.9. The van der Waals surface area contributed by atoms with Crippen molar-refractivity contribution in [2.75, 3.05) is 13.1 Å². The zero-order valence-electron chi connectivity index (χ0n) is 9.66. The van der Waals surface area contributed by atoms with E-state index in [-0.39, 0.29) is 5.91 Å². The van der Waals surface area contributed by atoms with Gasteiger partial charge >= 0.3 is 0 Å². The number of hydrogen-bond donors (Lipinski definition) is 2. The Labute approximate surface area is 109 Å². The highest BCUT2D eigenvalue weighted by Crippen LogP contribution is 2.41. The minimum absolute atomic E-state index is 0.0556. The minimum atomic E-state index is 0.0556. The maximum atomic E-state index is 12.0. The first-order valence-corrected chi connectivity index (χ1v) is 6.74. The third-order valence-electron chi connectivity index (χ3n) is 3.81. The van der Waals surface area contributed by atoms with Gasteiger partial charge in [-0.2, -0.15) is 0 Å². The summed E-state index contributed by atoms with van der Waals surface area (Å²) < 4.78 is 1.04. The molecule has 1 aromatic carbocycles. The molecule has 2 atom stereocenters. The van der Waals surface area contributed by atoms with E-state index in [9.17, 15) is 4.79 Å². The van der Waals surface area contributed by atoms with Crippen molar-refractivity contribution in [3.8, 4) is 0 Å². The molecular weight excluding hydrogens is 280 g/mol. The van der Waals surface area contributed by atoms with E-state index < -0.39 is 0 Å². The van der Waals surface area contributed by atoms with Crippen LogP contribution in [0.2, 0.25) is 0 Å². The van der Waals surface area contributed by atoms with Crippen LogP contribution in [0, 0.1) is 18.8 Å². The molecule has 17 heavy (non-hydrogen) atoms. The fourth-order valence-corrected chi connectivity index (χ4v) is 2.90. The Kier molecular flexibility index (Phi) is 2.71. The van der Waals surface area contributed by atoms with Crippen molar-refractivity contribution in [2.24, 2.45) is 11.8 Å². The molecular formula is C13H15BrN2O. The molecule has 1 heterocycles. The van der Waals surface area contributed by atoms with Crippen LogP contribution in [0.3, 0.4) is 0 Å². The molecule has 3 nitrogen and oxygen atoms in total. The standard InChI is InChI=1S/C13H15BrN2O/c1-7-4-8(2-3-11(7)14)13(17)16-12-9-5-15-6-10(9)12/h2-4,9-10,12,15H,5-6H2,1H3,(H,16,17). The summed E-state index contributed by atoms with van der Waals surface area (Å²) in [6.07, 6.45) is 0. The van der Waals surface area contributed by atoms with E-state index in [1.54, 1.807) is 0 Å². The van der Waals surface area contributed by atoms with E-state index in [4.69, 9.17) is 0 Å². The molecule has 0 bridgehead atoms. The molecule has 2 N–H and O–H groups in total.